The Morgan fingerprint density at radius 2 is 0.693 bits per heavy atom. The van der Waals surface area contributed by atoms with Crippen LogP contribution in [0.4, 0.5) is 0 Å². The van der Waals surface area contributed by atoms with Gasteiger partial charge in [0.1, 0.15) is 13.2 Å². The zero-order valence-electron chi connectivity index (χ0n) is 57.1. The summed E-state index contributed by atoms with van der Waals surface area (Å²) in [5, 5.41) is 14.0. The number of carbonyl (C=O) groups is 1. The fourth-order valence-corrected chi connectivity index (χ4v) is 10.2. The van der Waals surface area contributed by atoms with Gasteiger partial charge in [0.25, 0.3) is 0 Å². The third-order valence-electron chi connectivity index (χ3n) is 14.9. The zero-order valence-corrected chi connectivity index (χ0v) is 58.0. The van der Waals surface area contributed by atoms with E-state index in [1.165, 1.54) is 116 Å². The molecule has 0 aromatic rings. The highest BCUT2D eigenvalue weighted by Crippen LogP contribution is 2.43. The maximum absolute atomic E-state index is 13.0. The number of carbonyl (C=O) groups excluding carboxylic acids is 1. The molecule has 3 N–H and O–H groups in total. The van der Waals surface area contributed by atoms with E-state index in [9.17, 15) is 19.4 Å². The Labute approximate surface area is 543 Å². The van der Waals surface area contributed by atoms with E-state index in [2.05, 4.69) is 177 Å². The van der Waals surface area contributed by atoms with Gasteiger partial charge in [0.2, 0.25) is 5.91 Å². The minimum Gasteiger partial charge on any atom is -0.387 e. The molecule has 0 fully saturated rings. The number of phosphoric ester groups is 1. The highest BCUT2D eigenvalue weighted by molar-refractivity contribution is 7.47. The number of hydrogen-bond acceptors (Lipinski definition) is 5. The molecule has 8 nitrogen and oxygen atoms in total. The van der Waals surface area contributed by atoms with E-state index in [0.717, 1.165) is 135 Å². The Morgan fingerprint density at radius 1 is 0.398 bits per heavy atom. The molecule has 0 aliphatic carbocycles. The van der Waals surface area contributed by atoms with Crippen molar-refractivity contribution in [3.05, 3.63) is 170 Å². The number of aliphatic hydroxyl groups excluding tert-OH is 1. The molecule has 0 saturated heterocycles. The Morgan fingerprint density at radius 3 is 1.05 bits per heavy atom. The molecule has 0 aliphatic heterocycles. The van der Waals surface area contributed by atoms with E-state index in [1.807, 2.05) is 27.2 Å². The number of aliphatic hydroxyl groups is 1. The Balaban J connectivity index is 4.25. The first-order chi connectivity index (χ1) is 43.0. The highest BCUT2D eigenvalue weighted by atomic mass is 31.2. The topological polar surface area (TPSA) is 105 Å². The van der Waals surface area contributed by atoms with Gasteiger partial charge in [-0.25, -0.2) is 4.57 Å². The molecule has 0 spiro atoms. The summed E-state index contributed by atoms with van der Waals surface area (Å²) < 4.78 is 23.8. The third-order valence-corrected chi connectivity index (χ3v) is 15.9. The van der Waals surface area contributed by atoms with Crippen LogP contribution in [0.5, 0.6) is 0 Å². The van der Waals surface area contributed by atoms with E-state index in [0.29, 0.717) is 17.4 Å². The van der Waals surface area contributed by atoms with Crippen molar-refractivity contribution in [2.24, 2.45) is 0 Å². The van der Waals surface area contributed by atoms with E-state index in [-0.39, 0.29) is 19.1 Å². The molecular formula is C79H134N2O6P+. The summed E-state index contributed by atoms with van der Waals surface area (Å²) in [4.78, 5) is 23.4. The average Bonchev–Trinajstić information content (AvgIpc) is 3.70. The minimum absolute atomic E-state index is 0.0403. The van der Waals surface area contributed by atoms with Crippen molar-refractivity contribution in [1.82, 2.24) is 5.32 Å². The van der Waals surface area contributed by atoms with Crippen LogP contribution in [0.3, 0.4) is 0 Å². The standard InChI is InChI=1S/C79H133N2O6P/c1-6-8-10-12-14-16-18-20-22-24-26-28-30-32-34-35-36-37-38-39-40-41-42-43-44-45-47-49-51-53-55-57-59-61-63-65-67-69-71-73-79(83)80-77(76-87-88(84,85)86-75-74-81(3,4)5)78(82)72-70-68-66-64-62-60-58-56-54-52-50-48-46-33-31-29-27-25-23-21-19-17-15-13-11-9-7-2/h8,10,14,16,20,22,26,28,32,34,36-37,39-40,42-43,45,47,51,53-54,56-57,59,62,64,70,72,77-78,82H,6-7,9,11-13,15,17-19,21,23-25,27,29-31,33,35,38,41,44,46,48-50,52,55,58,60-61,63,65-69,71,73-76H2,1-5H3,(H-,80,83,84,85)/p+1/b10-8-,16-14-,22-20-,28-26-,34-32-,37-36-,40-39-,43-42-,47-45-,53-51-,56-54+,59-57-,64-62+,72-70+. The maximum atomic E-state index is 13.0. The number of hydrogen-bond donors (Lipinski definition) is 3. The van der Waals surface area contributed by atoms with Gasteiger partial charge in [-0.1, -0.05) is 306 Å². The Hall–Kier alpha value is -4.14. The number of phosphoric acid groups is 1. The number of allylic oxidation sites excluding steroid dienone is 27. The van der Waals surface area contributed by atoms with Gasteiger partial charge >= 0.3 is 7.82 Å². The molecule has 88 heavy (non-hydrogen) atoms. The smallest absolute Gasteiger partial charge is 0.387 e. The predicted molar refractivity (Wildman–Crippen MR) is 387 cm³/mol. The lowest BCUT2D eigenvalue weighted by Crippen LogP contribution is -2.45. The van der Waals surface area contributed by atoms with Gasteiger partial charge in [-0.15, -0.1) is 0 Å². The van der Waals surface area contributed by atoms with Gasteiger partial charge < -0.3 is 19.8 Å². The summed E-state index contributed by atoms with van der Waals surface area (Å²) in [6.45, 7) is 4.66. The fraction of sp³-hybridized carbons (Fsp3) is 0.633. The van der Waals surface area contributed by atoms with E-state index >= 15 is 0 Å². The van der Waals surface area contributed by atoms with E-state index in [1.54, 1.807) is 6.08 Å². The van der Waals surface area contributed by atoms with Gasteiger partial charge in [0.15, 0.2) is 0 Å². The Bertz CT molecular complexity index is 2040. The molecule has 1 amide bonds. The summed E-state index contributed by atoms with van der Waals surface area (Å²) in [6.07, 6.45) is 106. The van der Waals surface area contributed by atoms with Crippen molar-refractivity contribution in [1.29, 1.82) is 0 Å². The molecule has 3 unspecified atom stereocenters. The van der Waals surface area contributed by atoms with Gasteiger partial charge in [-0.2, -0.15) is 0 Å². The van der Waals surface area contributed by atoms with Crippen LogP contribution in [-0.2, 0) is 18.4 Å². The lowest BCUT2D eigenvalue weighted by atomic mass is 10.0. The number of amides is 1. The number of likely N-dealkylation sites (N-methyl/N-ethyl adjacent to an activating group) is 1. The third kappa shape index (κ3) is 69.3. The lowest BCUT2D eigenvalue weighted by molar-refractivity contribution is -0.870. The SMILES string of the molecule is CC/C=C\C/C=C\C/C=C\C/C=C\C/C=C\C/C=C\C/C=C\C/C=C\C/C=C\C/C=C\C/C=C\CCCCCCCC(=O)NC(COP(=O)(O)OCC[N+](C)(C)C)C(O)/C=C/CC/C=C/CC/C=C/CCCCCCCCCCCCCCCCCCC. The number of nitrogens with one attached hydrogen (secondary N) is 1. The number of nitrogens with zero attached hydrogens (tertiary/aromatic N) is 1. The molecule has 0 bridgehead atoms. The minimum atomic E-state index is -4.39. The second-order valence-corrected chi connectivity index (χ2v) is 26.0. The summed E-state index contributed by atoms with van der Waals surface area (Å²) in [6, 6.07) is -0.896. The van der Waals surface area contributed by atoms with Crippen LogP contribution in [0.1, 0.15) is 271 Å². The predicted octanol–water partition coefficient (Wildman–Crippen LogP) is 23.1. The first kappa shape index (κ1) is 83.9. The number of rotatable bonds is 63. The van der Waals surface area contributed by atoms with Crippen molar-refractivity contribution in [3.63, 3.8) is 0 Å². The van der Waals surface area contributed by atoms with Crippen LogP contribution < -0.4 is 5.32 Å². The van der Waals surface area contributed by atoms with E-state index in [4.69, 9.17) is 9.05 Å². The van der Waals surface area contributed by atoms with Crippen molar-refractivity contribution >= 4 is 13.7 Å². The molecule has 0 aromatic carbocycles. The molecule has 3 atom stereocenters. The first-order valence-electron chi connectivity index (χ1n) is 35.5. The van der Waals surface area contributed by atoms with Gasteiger partial charge in [-0.3, -0.25) is 13.8 Å². The zero-order chi connectivity index (χ0) is 64.1. The average molecular weight is 1240 g/mol. The van der Waals surface area contributed by atoms with Crippen LogP contribution in [0.15, 0.2) is 170 Å². The van der Waals surface area contributed by atoms with Gasteiger partial charge in [0.05, 0.1) is 39.9 Å². The highest BCUT2D eigenvalue weighted by Gasteiger charge is 2.28. The van der Waals surface area contributed by atoms with Crippen molar-refractivity contribution in [2.75, 3.05) is 40.9 Å². The van der Waals surface area contributed by atoms with Crippen LogP contribution in [0.25, 0.3) is 0 Å². The van der Waals surface area contributed by atoms with Crippen LogP contribution >= 0.6 is 7.82 Å². The summed E-state index contributed by atoms with van der Waals surface area (Å²) in [7, 11) is 1.51. The van der Waals surface area contributed by atoms with Crippen molar-refractivity contribution in [2.45, 2.75) is 283 Å². The Kier molecular flexibility index (Phi) is 64.1. The lowest BCUT2D eigenvalue weighted by Gasteiger charge is -2.25. The normalized spacial score (nSPS) is 14.7. The van der Waals surface area contributed by atoms with Crippen LogP contribution in [-0.4, -0.2) is 73.4 Å². The summed E-state index contributed by atoms with van der Waals surface area (Å²) in [5.41, 5.74) is 0. The number of unbranched alkanes of at least 4 members (excludes halogenated alkanes) is 24. The largest absolute Gasteiger partial charge is 0.472 e. The van der Waals surface area contributed by atoms with Crippen LogP contribution in [0.2, 0.25) is 0 Å². The number of quaternary nitrogens is 1. The summed E-state index contributed by atoms with van der Waals surface area (Å²) >= 11 is 0. The summed E-state index contributed by atoms with van der Waals surface area (Å²) in [5.74, 6) is -0.215. The second kappa shape index (κ2) is 67.3. The second-order valence-electron chi connectivity index (χ2n) is 24.5. The first-order valence-corrected chi connectivity index (χ1v) is 37.0. The van der Waals surface area contributed by atoms with Gasteiger partial charge in [0, 0.05) is 6.42 Å². The molecular weight excluding hydrogens is 1100 g/mol. The van der Waals surface area contributed by atoms with Crippen LogP contribution in [0, 0.1) is 0 Å². The quantitative estimate of drug-likeness (QED) is 0.0243. The molecule has 0 rings (SSSR count). The molecule has 0 heterocycles. The van der Waals surface area contributed by atoms with Crippen molar-refractivity contribution < 1.29 is 32.9 Å². The molecule has 0 radical (unpaired) electrons. The molecule has 500 valence electrons. The fourth-order valence-electron chi connectivity index (χ4n) is 9.43. The van der Waals surface area contributed by atoms with Gasteiger partial charge in [-0.05, 0) is 128 Å². The molecule has 0 aliphatic rings. The maximum Gasteiger partial charge on any atom is 0.472 e. The molecule has 9 heteroatoms. The molecule has 0 saturated carbocycles. The molecule has 0 aromatic heterocycles. The monoisotopic (exact) mass is 1240 g/mol. The van der Waals surface area contributed by atoms with Crippen molar-refractivity contribution in [3.8, 4) is 0 Å². The van der Waals surface area contributed by atoms with E-state index < -0.39 is 20.0 Å².